The van der Waals surface area contributed by atoms with E-state index in [1.807, 2.05) is 6.07 Å². The predicted molar refractivity (Wildman–Crippen MR) is 65.6 cm³/mol. The van der Waals surface area contributed by atoms with E-state index in [1.165, 1.54) is 25.7 Å². The number of hydrogen-bond donors (Lipinski definition) is 2. The number of rotatable bonds is 3. The Labute approximate surface area is 102 Å². The van der Waals surface area contributed by atoms with Crippen LogP contribution in [0.1, 0.15) is 50.3 Å². The van der Waals surface area contributed by atoms with Gasteiger partial charge in [-0.15, -0.1) is 0 Å². The van der Waals surface area contributed by atoms with Gasteiger partial charge in [-0.1, -0.05) is 12.8 Å². The average Bonchev–Trinajstić information content (AvgIpc) is 2.83. The van der Waals surface area contributed by atoms with Crippen molar-refractivity contribution in [1.82, 2.24) is 9.78 Å². The van der Waals surface area contributed by atoms with Gasteiger partial charge in [0.05, 0.1) is 17.3 Å². The van der Waals surface area contributed by atoms with Crippen LogP contribution in [-0.2, 0) is 6.42 Å². The fraction of sp³-hybridized carbons (Fsp3) is 0.769. The summed E-state index contributed by atoms with van der Waals surface area (Å²) >= 11 is 0. The fourth-order valence-electron chi connectivity index (χ4n) is 3.24. The standard InChI is InChI=1S/C13H21N3O/c14-10-7-13(17,8-10)9-11-5-6-16(15-11)12-3-1-2-4-12/h5-6,10,12,17H,1-4,7-9,14H2. The van der Waals surface area contributed by atoms with E-state index in [9.17, 15) is 5.11 Å². The van der Waals surface area contributed by atoms with Crippen LogP contribution in [0.4, 0.5) is 0 Å². The molecule has 0 unspecified atom stereocenters. The zero-order valence-corrected chi connectivity index (χ0v) is 10.2. The van der Waals surface area contributed by atoms with Gasteiger partial charge in [0, 0.05) is 18.7 Å². The molecule has 0 bridgehead atoms. The van der Waals surface area contributed by atoms with Crippen LogP contribution in [0.5, 0.6) is 0 Å². The van der Waals surface area contributed by atoms with Gasteiger partial charge in [-0.25, -0.2) is 0 Å². The van der Waals surface area contributed by atoms with Crippen molar-refractivity contribution in [2.75, 3.05) is 0 Å². The van der Waals surface area contributed by atoms with E-state index in [-0.39, 0.29) is 6.04 Å². The molecule has 2 aliphatic carbocycles. The summed E-state index contributed by atoms with van der Waals surface area (Å²) in [4.78, 5) is 0. The minimum atomic E-state index is -0.589. The first kappa shape index (κ1) is 11.2. The van der Waals surface area contributed by atoms with Crippen LogP contribution >= 0.6 is 0 Å². The lowest BCUT2D eigenvalue weighted by Gasteiger charge is -2.41. The summed E-state index contributed by atoms with van der Waals surface area (Å²) < 4.78 is 2.09. The van der Waals surface area contributed by atoms with Crippen LogP contribution in [0.25, 0.3) is 0 Å². The Balaban J connectivity index is 1.64. The molecular formula is C13H21N3O. The molecule has 4 nitrogen and oxygen atoms in total. The first-order valence-electron chi connectivity index (χ1n) is 6.67. The van der Waals surface area contributed by atoms with Crippen molar-refractivity contribution in [3.8, 4) is 0 Å². The van der Waals surface area contributed by atoms with Gasteiger partial charge in [0.15, 0.2) is 0 Å². The lowest BCUT2D eigenvalue weighted by molar-refractivity contribution is -0.0463. The highest BCUT2D eigenvalue weighted by atomic mass is 16.3. The molecule has 3 N–H and O–H groups in total. The number of nitrogens with zero attached hydrogens (tertiary/aromatic N) is 2. The van der Waals surface area contributed by atoms with Gasteiger partial charge in [0.25, 0.3) is 0 Å². The summed E-state index contributed by atoms with van der Waals surface area (Å²) in [5.41, 5.74) is 6.14. The molecule has 0 amide bonds. The van der Waals surface area contributed by atoms with Crippen LogP contribution in [0, 0.1) is 0 Å². The van der Waals surface area contributed by atoms with Crippen molar-refractivity contribution in [2.24, 2.45) is 5.73 Å². The zero-order valence-electron chi connectivity index (χ0n) is 10.2. The Hall–Kier alpha value is -0.870. The van der Waals surface area contributed by atoms with Gasteiger partial charge < -0.3 is 10.8 Å². The van der Waals surface area contributed by atoms with Gasteiger partial charge in [-0.3, -0.25) is 4.68 Å². The van der Waals surface area contributed by atoms with Crippen LogP contribution in [0.2, 0.25) is 0 Å². The Morgan fingerprint density at radius 2 is 2.12 bits per heavy atom. The second-order valence-electron chi connectivity index (χ2n) is 5.79. The molecule has 0 aromatic carbocycles. The van der Waals surface area contributed by atoms with E-state index in [0.29, 0.717) is 25.3 Å². The minimum absolute atomic E-state index is 0.178. The third-order valence-electron chi connectivity index (χ3n) is 4.16. The monoisotopic (exact) mass is 235 g/mol. The van der Waals surface area contributed by atoms with E-state index < -0.39 is 5.60 Å². The molecule has 3 rings (SSSR count). The zero-order chi connectivity index (χ0) is 11.9. The second kappa shape index (κ2) is 4.10. The summed E-state index contributed by atoms with van der Waals surface area (Å²) in [6.07, 6.45) is 9.27. The number of aliphatic hydroxyl groups is 1. The highest BCUT2D eigenvalue weighted by Gasteiger charge is 2.41. The Morgan fingerprint density at radius 1 is 1.41 bits per heavy atom. The molecule has 2 saturated carbocycles. The molecule has 1 aromatic rings. The molecule has 94 valence electrons. The lowest BCUT2D eigenvalue weighted by atomic mass is 9.73. The average molecular weight is 235 g/mol. The van der Waals surface area contributed by atoms with Crippen molar-refractivity contribution in [1.29, 1.82) is 0 Å². The van der Waals surface area contributed by atoms with Gasteiger partial charge in [0.1, 0.15) is 0 Å². The third kappa shape index (κ3) is 2.24. The molecule has 17 heavy (non-hydrogen) atoms. The van der Waals surface area contributed by atoms with Gasteiger partial charge >= 0.3 is 0 Å². The van der Waals surface area contributed by atoms with Crippen LogP contribution in [-0.4, -0.2) is 26.5 Å². The fourth-order valence-corrected chi connectivity index (χ4v) is 3.24. The van der Waals surface area contributed by atoms with Gasteiger partial charge in [-0.05, 0) is 31.7 Å². The molecule has 0 radical (unpaired) electrons. The SMILES string of the molecule is NC1CC(O)(Cc2ccn(C3CCCC3)n2)C1. The Morgan fingerprint density at radius 3 is 2.76 bits per heavy atom. The van der Waals surface area contributed by atoms with E-state index in [1.54, 1.807) is 0 Å². The first-order valence-corrected chi connectivity index (χ1v) is 6.67. The van der Waals surface area contributed by atoms with Gasteiger partial charge in [0.2, 0.25) is 0 Å². The largest absolute Gasteiger partial charge is 0.389 e. The summed E-state index contributed by atoms with van der Waals surface area (Å²) in [6, 6.07) is 2.80. The molecule has 2 aliphatic rings. The second-order valence-corrected chi connectivity index (χ2v) is 5.79. The van der Waals surface area contributed by atoms with Crippen molar-refractivity contribution in [3.05, 3.63) is 18.0 Å². The predicted octanol–water partition coefficient (Wildman–Crippen LogP) is 1.39. The maximum atomic E-state index is 10.2. The van der Waals surface area contributed by atoms with E-state index in [2.05, 4.69) is 16.0 Å². The van der Waals surface area contributed by atoms with Crippen LogP contribution < -0.4 is 5.73 Å². The summed E-state index contributed by atoms with van der Waals surface area (Å²) in [5.74, 6) is 0. The van der Waals surface area contributed by atoms with Gasteiger partial charge in [-0.2, -0.15) is 5.10 Å². The molecule has 4 heteroatoms. The topological polar surface area (TPSA) is 64.1 Å². The molecule has 0 atom stereocenters. The van der Waals surface area contributed by atoms with Crippen LogP contribution in [0.3, 0.4) is 0 Å². The minimum Gasteiger partial charge on any atom is -0.389 e. The number of hydrogen-bond acceptors (Lipinski definition) is 3. The Kier molecular flexibility index (Phi) is 2.71. The maximum absolute atomic E-state index is 10.2. The van der Waals surface area contributed by atoms with Crippen molar-refractivity contribution in [3.63, 3.8) is 0 Å². The highest BCUT2D eigenvalue weighted by Crippen LogP contribution is 2.34. The smallest absolute Gasteiger partial charge is 0.0733 e. The summed E-state index contributed by atoms with van der Waals surface area (Å²) in [7, 11) is 0. The highest BCUT2D eigenvalue weighted by molar-refractivity contribution is 5.09. The molecule has 0 saturated heterocycles. The van der Waals surface area contributed by atoms with Crippen molar-refractivity contribution < 1.29 is 5.11 Å². The maximum Gasteiger partial charge on any atom is 0.0733 e. The normalized spacial score (nSPS) is 33.9. The quantitative estimate of drug-likeness (QED) is 0.832. The van der Waals surface area contributed by atoms with Crippen molar-refractivity contribution in [2.45, 2.75) is 62.6 Å². The van der Waals surface area contributed by atoms with E-state index in [0.717, 1.165) is 5.69 Å². The molecule has 2 fully saturated rings. The Bertz CT molecular complexity index is 389. The molecular weight excluding hydrogens is 214 g/mol. The summed E-state index contributed by atoms with van der Waals surface area (Å²) in [6.45, 7) is 0. The van der Waals surface area contributed by atoms with E-state index in [4.69, 9.17) is 5.73 Å². The van der Waals surface area contributed by atoms with E-state index >= 15 is 0 Å². The molecule has 1 heterocycles. The third-order valence-corrected chi connectivity index (χ3v) is 4.16. The molecule has 1 aromatic heterocycles. The number of aromatic nitrogens is 2. The molecule has 0 aliphatic heterocycles. The van der Waals surface area contributed by atoms with Crippen molar-refractivity contribution >= 4 is 0 Å². The summed E-state index contributed by atoms with van der Waals surface area (Å²) in [5, 5.41) is 14.8. The van der Waals surface area contributed by atoms with Crippen LogP contribution in [0.15, 0.2) is 12.3 Å². The number of nitrogens with two attached hydrogens (primary N) is 1. The molecule has 0 spiro atoms. The lowest BCUT2D eigenvalue weighted by Crippen LogP contribution is -2.52. The first-order chi connectivity index (χ1) is 8.15.